The van der Waals surface area contributed by atoms with Crippen molar-refractivity contribution in [2.45, 2.75) is 20.8 Å². The second kappa shape index (κ2) is 5.38. The van der Waals surface area contributed by atoms with Crippen molar-refractivity contribution in [1.82, 2.24) is 25.0 Å². The van der Waals surface area contributed by atoms with E-state index in [1.165, 1.54) is 0 Å². The van der Waals surface area contributed by atoms with Crippen LogP contribution in [0.15, 0.2) is 0 Å². The first-order valence-corrected chi connectivity index (χ1v) is 6.46. The smallest absolute Gasteiger partial charge is 0.293 e. The van der Waals surface area contributed by atoms with Crippen LogP contribution >= 0.6 is 0 Å². The van der Waals surface area contributed by atoms with Gasteiger partial charge in [0.1, 0.15) is 5.82 Å². The number of hydrogen-bond acceptors (Lipinski definition) is 4. The summed E-state index contributed by atoms with van der Waals surface area (Å²) in [5.41, 5.74) is 0. The lowest BCUT2D eigenvalue weighted by Gasteiger charge is -2.35. The largest absolute Gasteiger partial charge is 0.339 e. The maximum absolute atomic E-state index is 12.1. The summed E-state index contributed by atoms with van der Waals surface area (Å²) in [6, 6.07) is 0. The molecule has 0 saturated carbocycles. The van der Waals surface area contributed by atoms with E-state index in [4.69, 9.17) is 0 Å². The Kier molecular flexibility index (Phi) is 3.82. The molecule has 0 spiro atoms. The number of piperazine rings is 1. The fraction of sp³-hybridized carbons (Fsp3) is 0.667. The van der Waals surface area contributed by atoms with E-state index in [1.807, 2.05) is 13.8 Å². The molecule has 1 aromatic rings. The minimum absolute atomic E-state index is 0.00194. The van der Waals surface area contributed by atoms with E-state index in [0.717, 1.165) is 0 Å². The lowest BCUT2D eigenvalue weighted by atomic mass is 10.1. The number of carbonyl (C=O) groups excluding carboxylic acids is 2. The molecule has 2 amide bonds. The van der Waals surface area contributed by atoms with Gasteiger partial charge in [0.05, 0.1) is 0 Å². The molecule has 0 aromatic carbocycles. The normalized spacial score (nSPS) is 16.0. The summed E-state index contributed by atoms with van der Waals surface area (Å²) in [7, 11) is 0. The third-order valence-electron chi connectivity index (χ3n) is 3.16. The van der Waals surface area contributed by atoms with Crippen LogP contribution in [0.25, 0.3) is 0 Å². The number of nitrogens with one attached hydrogen (secondary N) is 1. The predicted octanol–water partition coefficient (Wildman–Crippen LogP) is 0.0535. The molecule has 0 aliphatic carbocycles. The van der Waals surface area contributed by atoms with E-state index in [2.05, 4.69) is 15.2 Å². The highest BCUT2D eigenvalue weighted by molar-refractivity contribution is 5.90. The van der Waals surface area contributed by atoms with Gasteiger partial charge in [-0.1, -0.05) is 13.8 Å². The quantitative estimate of drug-likeness (QED) is 0.819. The second-order valence-corrected chi connectivity index (χ2v) is 5.02. The topological polar surface area (TPSA) is 82.2 Å². The van der Waals surface area contributed by atoms with E-state index >= 15 is 0 Å². The maximum Gasteiger partial charge on any atom is 0.293 e. The molecular weight excluding hydrogens is 246 g/mol. The van der Waals surface area contributed by atoms with E-state index in [9.17, 15) is 9.59 Å². The van der Waals surface area contributed by atoms with Gasteiger partial charge in [-0.3, -0.25) is 14.7 Å². The summed E-state index contributed by atoms with van der Waals surface area (Å²) in [4.78, 5) is 31.5. The molecule has 1 aliphatic rings. The molecule has 1 fully saturated rings. The molecule has 19 heavy (non-hydrogen) atoms. The van der Waals surface area contributed by atoms with Crippen LogP contribution in [0, 0.1) is 12.8 Å². The van der Waals surface area contributed by atoms with Crippen molar-refractivity contribution in [2.75, 3.05) is 26.2 Å². The molecular formula is C12H19N5O2. The molecule has 1 aliphatic heterocycles. The SMILES string of the molecule is Cc1nc(C(=O)N2CCN(C(=O)C(C)C)CC2)n[nH]1. The Balaban J connectivity index is 1.93. The fourth-order valence-corrected chi connectivity index (χ4v) is 2.07. The number of carbonyl (C=O) groups is 2. The van der Waals surface area contributed by atoms with Crippen molar-refractivity contribution in [3.05, 3.63) is 11.6 Å². The van der Waals surface area contributed by atoms with E-state index in [1.54, 1.807) is 16.7 Å². The van der Waals surface area contributed by atoms with Crippen molar-refractivity contribution < 1.29 is 9.59 Å². The number of rotatable bonds is 2. The number of amides is 2. The summed E-state index contributed by atoms with van der Waals surface area (Å²) >= 11 is 0. The predicted molar refractivity (Wildman–Crippen MR) is 68.4 cm³/mol. The molecule has 7 heteroatoms. The number of nitrogens with zero attached hydrogens (tertiary/aromatic N) is 4. The van der Waals surface area contributed by atoms with Gasteiger partial charge in [-0.2, -0.15) is 0 Å². The van der Waals surface area contributed by atoms with Gasteiger partial charge < -0.3 is 9.80 Å². The van der Waals surface area contributed by atoms with Gasteiger partial charge in [0.15, 0.2) is 0 Å². The second-order valence-electron chi connectivity index (χ2n) is 5.02. The average molecular weight is 265 g/mol. The molecule has 2 heterocycles. The number of hydrogen-bond donors (Lipinski definition) is 1. The molecule has 104 valence electrons. The standard InChI is InChI=1S/C12H19N5O2/c1-8(2)11(18)16-4-6-17(7-5-16)12(19)10-13-9(3)14-15-10/h8H,4-7H2,1-3H3,(H,13,14,15). The van der Waals surface area contributed by atoms with Crippen LogP contribution in [0.1, 0.15) is 30.3 Å². The first kappa shape index (κ1) is 13.5. The summed E-state index contributed by atoms with van der Waals surface area (Å²) in [6.45, 7) is 7.74. The van der Waals surface area contributed by atoms with Gasteiger partial charge in [-0.05, 0) is 6.92 Å². The number of aromatic amines is 1. The summed E-state index contributed by atoms with van der Waals surface area (Å²) < 4.78 is 0. The van der Waals surface area contributed by atoms with Gasteiger partial charge in [0.25, 0.3) is 5.91 Å². The Morgan fingerprint density at radius 3 is 2.21 bits per heavy atom. The molecule has 1 aromatic heterocycles. The highest BCUT2D eigenvalue weighted by Gasteiger charge is 2.27. The zero-order valence-electron chi connectivity index (χ0n) is 11.5. The van der Waals surface area contributed by atoms with E-state index in [-0.39, 0.29) is 23.6 Å². The summed E-state index contributed by atoms with van der Waals surface area (Å²) in [6.07, 6.45) is 0. The third kappa shape index (κ3) is 2.91. The molecule has 7 nitrogen and oxygen atoms in total. The fourth-order valence-electron chi connectivity index (χ4n) is 2.07. The van der Waals surface area contributed by atoms with Crippen molar-refractivity contribution in [2.24, 2.45) is 5.92 Å². The highest BCUT2D eigenvalue weighted by atomic mass is 16.2. The minimum Gasteiger partial charge on any atom is -0.339 e. The average Bonchev–Trinajstić information content (AvgIpc) is 2.84. The van der Waals surface area contributed by atoms with Crippen LogP contribution in [0.5, 0.6) is 0 Å². The lowest BCUT2D eigenvalue weighted by molar-refractivity contribution is -0.135. The van der Waals surface area contributed by atoms with Gasteiger partial charge in [0.2, 0.25) is 11.7 Å². The molecule has 0 bridgehead atoms. The Morgan fingerprint density at radius 2 is 1.74 bits per heavy atom. The zero-order valence-corrected chi connectivity index (χ0v) is 11.5. The number of aryl methyl sites for hydroxylation is 1. The monoisotopic (exact) mass is 265 g/mol. The van der Waals surface area contributed by atoms with Gasteiger partial charge >= 0.3 is 0 Å². The van der Waals surface area contributed by atoms with E-state index < -0.39 is 0 Å². The van der Waals surface area contributed by atoms with E-state index in [0.29, 0.717) is 32.0 Å². The van der Waals surface area contributed by atoms with Gasteiger partial charge in [-0.15, -0.1) is 5.10 Å². The Bertz CT molecular complexity index is 474. The molecule has 0 unspecified atom stereocenters. The Morgan fingerprint density at radius 1 is 1.16 bits per heavy atom. The molecule has 1 saturated heterocycles. The van der Waals surface area contributed by atoms with Crippen LogP contribution in [0.2, 0.25) is 0 Å². The Hall–Kier alpha value is -1.92. The van der Waals surface area contributed by atoms with Crippen LogP contribution in [0.4, 0.5) is 0 Å². The summed E-state index contributed by atoms with van der Waals surface area (Å²) in [5.74, 6) is 0.776. The van der Waals surface area contributed by atoms with Crippen LogP contribution in [-0.2, 0) is 4.79 Å². The first-order valence-electron chi connectivity index (χ1n) is 6.46. The lowest BCUT2D eigenvalue weighted by Crippen LogP contribution is -2.51. The molecule has 0 atom stereocenters. The van der Waals surface area contributed by atoms with Gasteiger partial charge in [0, 0.05) is 32.1 Å². The van der Waals surface area contributed by atoms with Crippen molar-refractivity contribution >= 4 is 11.8 Å². The number of aromatic nitrogens is 3. The highest BCUT2D eigenvalue weighted by Crippen LogP contribution is 2.09. The zero-order chi connectivity index (χ0) is 14.0. The molecule has 1 N–H and O–H groups in total. The van der Waals surface area contributed by atoms with Crippen LogP contribution in [0.3, 0.4) is 0 Å². The van der Waals surface area contributed by atoms with Crippen molar-refractivity contribution in [1.29, 1.82) is 0 Å². The van der Waals surface area contributed by atoms with Crippen molar-refractivity contribution in [3.8, 4) is 0 Å². The molecule has 2 rings (SSSR count). The van der Waals surface area contributed by atoms with Crippen LogP contribution in [-0.4, -0.2) is 63.0 Å². The first-order chi connectivity index (χ1) is 8.99. The Labute approximate surface area is 112 Å². The molecule has 0 radical (unpaired) electrons. The minimum atomic E-state index is -0.180. The van der Waals surface area contributed by atoms with Crippen LogP contribution < -0.4 is 0 Å². The summed E-state index contributed by atoms with van der Waals surface area (Å²) in [5, 5.41) is 6.52. The maximum atomic E-state index is 12.1. The van der Waals surface area contributed by atoms with Gasteiger partial charge in [-0.25, -0.2) is 4.98 Å². The van der Waals surface area contributed by atoms with Crippen molar-refractivity contribution in [3.63, 3.8) is 0 Å². The number of H-pyrrole nitrogens is 1. The third-order valence-corrected chi connectivity index (χ3v) is 3.16.